The largest absolute Gasteiger partial charge is 0.493 e. The number of benzene rings is 1. The van der Waals surface area contributed by atoms with Gasteiger partial charge in [0, 0.05) is 37.6 Å². The fourth-order valence-corrected chi connectivity index (χ4v) is 3.23. The molecule has 0 N–H and O–H groups in total. The Hall–Kier alpha value is -2.96. The van der Waals surface area contributed by atoms with E-state index in [1.165, 1.54) is 12.1 Å². The lowest BCUT2D eigenvalue weighted by atomic mass is 9.98. The number of ether oxygens (including phenoxy) is 1. The summed E-state index contributed by atoms with van der Waals surface area (Å²) in [5.41, 5.74) is 0.406. The number of amides is 1. The van der Waals surface area contributed by atoms with Gasteiger partial charge in [0.2, 0.25) is 5.78 Å². The van der Waals surface area contributed by atoms with Crippen LogP contribution in [0, 0.1) is 11.7 Å². The molecule has 0 unspecified atom stereocenters. The molecule has 0 radical (unpaired) electrons. The maximum absolute atomic E-state index is 12.9. The predicted molar refractivity (Wildman–Crippen MR) is 93.5 cm³/mol. The van der Waals surface area contributed by atoms with E-state index in [-0.39, 0.29) is 17.6 Å². The number of rotatable bonds is 4. The molecule has 1 aromatic carbocycles. The molecular formula is C19H19FN4O2. The molecule has 0 spiro atoms. The second kappa shape index (κ2) is 7.11. The van der Waals surface area contributed by atoms with Gasteiger partial charge in [-0.3, -0.25) is 9.20 Å². The maximum Gasteiger partial charge on any atom is 0.274 e. The van der Waals surface area contributed by atoms with Crippen molar-refractivity contribution < 1.29 is 13.9 Å². The molecule has 1 atom stereocenters. The number of piperidine rings is 1. The fourth-order valence-electron chi connectivity index (χ4n) is 3.23. The molecule has 2 aromatic heterocycles. The van der Waals surface area contributed by atoms with Crippen LogP contribution in [0.5, 0.6) is 5.75 Å². The van der Waals surface area contributed by atoms with Crippen LogP contribution in [0.3, 0.4) is 0 Å². The summed E-state index contributed by atoms with van der Waals surface area (Å²) in [4.78, 5) is 23.0. The molecule has 3 heterocycles. The molecule has 4 rings (SSSR count). The molecule has 134 valence electrons. The number of fused-ring (bicyclic) bond motifs is 1. The molecule has 26 heavy (non-hydrogen) atoms. The molecule has 3 aromatic rings. The SMILES string of the molecule is O=C(c1cn2cccnc2n1)N1CCC[C@H](COc2ccc(F)cc2)C1. The van der Waals surface area contributed by atoms with Crippen molar-refractivity contribution in [2.45, 2.75) is 12.8 Å². The summed E-state index contributed by atoms with van der Waals surface area (Å²) in [5.74, 6) is 1.04. The average molecular weight is 354 g/mol. The first-order valence-corrected chi connectivity index (χ1v) is 8.66. The summed E-state index contributed by atoms with van der Waals surface area (Å²) in [6.45, 7) is 1.84. The third kappa shape index (κ3) is 3.51. The van der Waals surface area contributed by atoms with E-state index in [9.17, 15) is 9.18 Å². The van der Waals surface area contributed by atoms with Gasteiger partial charge in [0.1, 0.15) is 17.3 Å². The van der Waals surface area contributed by atoms with Crippen molar-refractivity contribution in [3.8, 4) is 5.75 Å². The van der Waals surface area contributed by atoms with Gasteiger partial charge >= 0.3 is 0 Å². The van der Waals surface area contributed by atoms with Crippen molar-refractivity contribution in [3.63, 3.8) is 0 Å². The first kappa shape index (κ1) is 16.5. The minimum atomic E-state index is -0.284. The fraction of sp³-hybridized carbons (Fsp3) is 0.316. The molecule has 0 aliphatic carbocycles. The minimum absolute atomic E-state index is 0.0815. The summed E-state index contributed by atoms with van der Waals surface area (Å²) in [6, 6.07) is 7.79. The smallest absolute Gasteiger partial charge is 0.274 e. The summed E-state index contributed by atoms with van der Waals surface area (Å²) in [7, 11) is 0. The van der Waals surface area contributed by atoms with Crippen molar-refractivity contribution in [3.05, 3.63) is 60.4 Å². The Labute approximate surface area is 150 Å². The number of carbonyl (C=O) groups is 1. The van der Waals surface area contributed by atoms with Crippen LogP contribution in [0.15, 0.2) is 48.9 Å². The van der Waals surface area contributed by atoms with Crippen LogP contribution in [0.1, 0.15) is 23.3 Å². The Bertz CT molecular complexity index is 876. The quantitative estimate of drug-likeness (QED) is 0.723. The number of imidazole rings is 1. The number of halogens is 1. The Morgan fingerprint density at radius 1 is 1.31 bits per heavy atom. The van der Waals surface area contributed by atoms with Gasteiger partial charge in [0.25, 0.3) is 5.91 Å². The van der Waals surface area contributed by atoms with E-state index in [0.717, 1.165) is 12.8 Å². The standard InChI is InChI=1S/C19H19FN4O2/c20-15-4-6-16(7-5-15)26-13-14-3-1-9-23(11-14)18(25)17-12-24-10-2-8-21-19(24)22-17/h2,4-8,10,12,14H,1,3,9,11,13H2/t14-/m0/s1. The van der Waals surface area contributed by atoms with Gasteiger partial charge in [-0.05, 0) is 43.2 Å². The number of hydrogen-bond acceptors (Lipinski definition) is 4. The van der Waals surface area contributed by atoms with Crippen LogP contribution in [-0.4, -0.2) is 44.9 Å². The highest BCUT2D eigenvalue weighted by molar-refractivity contribution is 5.92. The second-order valence-electron chi connectivity index (χ2n) is 6.48. The zero-order chi connectivity index (χ0) is 17.9. The van der Waals surface area contributed by atoms with Crippen molar-refractivity contribution >= 4 is 11.7 Å². The predicted octanol–water partition coefficient (Wildman–Crippen LogP) is 2.80. The van der Waals surface area contributed by atoms with Gasteiger partial charge in [0.05, 0.1) is 6.61 Å². The highest BCUT2D eigenvalue weighted by Gasteiger charge is 2.26. The van der Waals surface area contributed by atoms with Crippen molar-refractivity contribution in [2.75, 3.05) is 19.7 Å². The molecule has 6 nitrogen and oxygen atoms in total. The first-order valence-electron chi connectivity index (χ1n) is 8.66. The van der Waals surface area contributed by atoms with E-state index >= 15 is 0 Å². The zero-order valence-electron chi connectivity index (χ0n) is 14.2. The van der Waals surface area contributed by atoms with Crippen LogP contribution in [0.4, 0.5) is 4.39 Å². The molecule has 1 aliphatic rings. The van der Waals surface area contributed by atoms with E-state index in [2.05, 4.69) is 9.97 Å². The Kier molecular flexibility index (Phi) is 4.51. The molecule has 1 amide bonds. The van der Waals surface area contributed by atoms with Crippen molar-refractivity contribution in [1.82, 2.24) is 19.3 Å². The highest BCUT2D eigenvalue weighted by atomic mass is 19.1. The summed E-state index contributed by atoms with van der Waals surface area (Å²) >= 11 is 0. The Balaban J connectivity index is 1.39. The lowest BCUT2D eigenvalue weighted by molar-refractivity contribution is 0.0628. The average Bonchev–Trinajstić information content (AvgIpc) is 3.11. The van der Waals surface area contributed by atoms with Crippen molar-refractivity contribution in [1.29, 1.82) is 0 Å². The summed E-state index contributed by atoms with van der Waals surface area (Å²) in [5, 5.41) is 0. The van der Waals surface area contributed by atoms with E-state index in [1.54, 1.807) is 35.0 Å². The van der Waals surface area contributed by atoms with Crippen LogP contribution in [-0.2, 0) is 0 Å². The number of hydrogen-bond donors (Lipinski definition) is 0. The second-order valence-corrected chi connectivity index (χ2v) is 6.48. The Morgan fingerprint density at radius 2 is 2.15 bits per heavy atom. The van der Waals surface area contributed by atoms with Gasteiger partial charge < -0.3 is 9.64 Å². The van der Waals surface area contributed by atoms with Gasteiger partial charge in [-0.15, -0.1) is 0 Å². The van der Waals surface area contributed by atoms with E-state index in [4.69, 9.17) is 4.74 Å². The number of nitrogens with zero attached hydrogens (tertiary/aromatic N) is 4. The van der Waals surface area contributed by atoms with Gasteiger partial charge in [-0.2, -0.15) is 0 Å². The van der Waals surface area contributed by atoms with Crippen LogP contribution in [0.2, 0.25) is 0 Å². The molecule has 1 saturated heterocycles. The topological polar surface area (TPSA) is 59.7 Å². The first-order chi connectivity index (χ1) is 12.7. The molecular weight excluding hydrogens is 335 g/mol. The number of carbonyl (C=O) groups excluding carboxylic acids is 1. The van der Waals surface area contributed by atoms with E-state index in [0.29, 0.717) is 36.9 Å². The normalized spacial score (nSPS) is 17.4. The maximum atomic E-state index is 12.9. The number of aromatic nitrogens is 3. The van der Waals surface area contributed by atoms with Crippen LogP contribution < -0.4 is 4.74 Å². The van der Waals surface area contributed by atoms with Gasteiger partial charge in [-0.25, -0.2) is 14.4 Å². The highest BCUT2D eigenvalue weighted by Crippen LogP contribution is 2.20. The summed E-state index contributed by atoms with van der Waals surface area (Å²) in [6.07, 6.45) is 7.11. The van der Waals surface area contributed by atoms with Crippen LogP contribution in [0.25, 0.3) is 5.78 Å². The van der Waals surface area contributed by atoms with Crippen molar-refractivity contribution in [2.24, 2.45) is 5.92 Å². The zero-order valence-corrected chi connectivity index (χ0v) is 14.2. The number of likely N-dealkylation sites (tertiary alicyclic amines) is 1. The van der Waals surface area contributed by atoms with Crippen LogP contribution >= 0.6 is 0 Å². The molecule has 0 bridgehead atoms. The summed E-state index contributed by atoms with van der Waals surface area (Å²) < 4.78 is 20.4. The van der Waals surface area contributed by atoms with E-state index < -0.39 is 0 Å². The monoisotopic (exact) mass is 354 g/mol. The van der Waals surface area contributed by atoms with E-state index in [1.807, 2.05) is 11.1 Å². The molecule has 1 aliphatic heterocycles. The minimum Gasteiger partial charge on any atom is -0.493 e. The molecule has 0 saturated carbocycles. The molecule has 1 fully saturated rings. The third-order valence-corrected chi connectivity index (χ3v) is 4.56. The van der Waals surface area contributed by atoms with Gasteiger partial charge in [0.15, 0.2) is 0 Å². The lowest BCUT2D eigenvalue weighted by Crippen LogP contribution is -2.41. The lowest BCUT2D eigenvalue weighted by Gasteiger charge is -2.32. The Morgan fingerprint density at radius 3 is 2.96 bits per heavy atom. The third-order valence-electron chi connectivity index (χ3n) is 4.56. The molecule has 7 heteroatoms. The van der Waals surface area contributed by atoms with Gasteiger partial charge in [-0.1, -0.05) is 0 Å².